The Hall–Kier alpha value is -2.82. The zero-order chi connectivity index (χ0) is 23.4. The number of piperazine rings is 1. The summed E-state index contributed by atoms with van der Waals surface area (Å²) < 4.78 is 7.61. The van der Waals surface area contributed by atoms with Gasteiger partial charge in [0.25, 0.3) is 0 Å². The Bertz CT molecular complexity index is 1070. The van der Waals surface area contributed by atoms with E-state index < -0.39 is 0 Å². The number of ether oxygens (including phenoxy) is 1. The van der Waals surface area contributed by atoms with Crippen molar-refractivity contribution >= 4 is 28.6 Å². The van der Waals surface area contributed by atoms with Crippen LogP contribution in [0.3, 0.4) is 0 Å². The molecule has 4 heterocycles. The van der Waals surface area contributed by atoms with Crippen LogP contribution in [0.1, 0.15) is 18.2 Å². The number of pyridine rings is 1. The minimum Gasteiger partial charge on any atom is -0.380 e. The van der Waals surface area contributed by atoms with Crippen molar-refractivity contribution in [1.82, 2.24) is 34.5 Å². The van der Waals surface area contributed by atoms with Gasteiger partial charge in [0, 0.05) is 59.6 Å². The van der Waals surface area contributed by atoms with Crippen LogP contribution in [-0.4, -0.2) is 95.1 Å². The van der Waals surface area contributed by atoms with E-state index in [1.54, 1.807) is 6.20 Å². The first kappa shape index (κ1) is 23.3. The van der Waals surface area contributed by atoms with Crippen LogP contribution in [0.15, 0.2) is 18.3 Å². The summed E-state index contributed by atoms with van der Waals surface area (Å²) >= 11 is 0. The van der Waals surface area contributed by atoms with Crippen LogP contribution in [0.25, 0.3) is 11.0 Å². The van der Waals surface area contributed by atoms with Crippen molar-refractivity contribution in [2.45, 2.75) is 26.9 Å². The second kappa shape index (κ2) is 10.4. The number of anilines is 3. The van der Waals surface area contributed by atoms with Crippen LogP contribution < -0.4 is 10.2 Å². The number of fused-ring (bicyclic) bond motifs is 1. The fraction of sp³-hybridized carbons (Fsp3) is 0.565. The highest BCUT2D eigenvalue weighted by atomic mass is 16.5. The van der Waals surface area contributed by atoms with Gasteiger partial charge in [-0.1, -0.05) is 0 Å². The summed E-state index contributed by atoms with van der Waals surface area (Å²) in [6, 6.07) is 3.99. The van der Waals surface area contributed by atoms with Gasteiger partial charge in [0.15, 0.2) is 5.82 Å². The SMILES string of the molecule is CCOCCn1nc(CN2CCN(C)CC2)c2nc(N(C)C)nc(Nc3cc(C)ccn3)c21. The van der Waals surface area contributed by atoms with Crippen LogP contribution in [0.2, 0.25) is 0 Å². The predicted molar refractivity (Wildman–Crippen MR) is 131 cm³/mol. The zero-order valence-corrected chi connectivity index (χ0v) is 20.4. The summed E-state index contributed by atoms with van der Waals surface area (Å²) in [6.07, 6.45) is 1.80. The van der Waals surface area contributed by atoms with E-state index in [2.05, 4.69) is 27.1 Å². The summed E-state index contributed by atoms with van der Waals surface area (Å²) in [4.78, 5) is 20.9. The molecule has 0 aromatic carbocycles. The molecule has 3 aromatic rings. The van der Waals surface area contributed by atoms with Gasteiger partial charge in [-0.05, 0) is 38.6 Å². The molecule has 0 unspecified atom stereocenters. The van der Waals surface area contributed by atoms with Gasteiger partial charge in [-0.3, -0.25) is 9.58 Å². The molecule has 178 valence electrons. The van der Waals surface area contributed by atoms with Crippen LogP contribution in [0.4, 0.5) is 17.6 Å². The lowest BCUT2D eigenvalue weighted by atomic mass is 10.2. The molecule has 0 radical (unpaired) electrons. The Morgan fingerprint density at radius 1 is 1.15 bits per heavy atom. The molecule has 0 amide bonds. The Morgan fingerprint density at radius 2 is 1.94 bits per heavy atom. The lowest BCUT2D eigenvalue weighted by Gasteiger charge is -2.31. The fourth-order valence-corrected chi connectivity index (χ4v) is 3.93. The molecule has 1 saturated heterocycles. The van der Waals surface area contributed by atoms with E-state index in [9.17, 15) is 0 Å². The standard InChI is InChI=1S/C23H35N9O/c1-6-33-14-13-32-21-20(18(28-32)16-31-11-9-30(5)10-12-31)26-23(29(3)4)27-22(21)25-19-15-17(2)7-8-24-19/h7-8,15H,6,9-14,16H2,1-5H3,(H,24,25,26,27). The van der Waals surface area contributed by atoms with Crippen molar-refractivity contribution in [2.75, 3.05) is 70.8 Å². The Morgan fingerprint density at radius 3 is 2.64 bits per heavy atom. The highest BCUT2D eigenvalue weighted by molar-refractivity contribution is 5.90. The number of aryl methyl sites for hydroxylation is 1. The van der Waals surface area contributed by atoms with Gasteiger partial charge in [-0.25, -0.2) is 9.97 Å². The minimum atomic E-state index is 0.582. The van der Waals surface area contributed by atoms with Crippen molar-refractivity contribution in [3.8, 4) is 0 Å². The third-order valence-corrected chi connectivity index (χ3v) is 5.83. The first-order chi connectivity index (χ1) is 15.9. The average Bonchev–Trinajstić information content (AvgIpc) is 3.13. The topological polar surface area (TPSA) is 87.5 Å². The van der Waals surface area contributed by atoms with E-state index in [1.807, 2.05) is 49.7 Å². The molecule has 0 aliphatic carbocycles. The molecule has 0 saturated carbocycles. The number of nitrogens with one attached hydrogen (secondary N) is 1. The van der Waals surface area contributed by atoms with E-state index in [0.29, 0.717) is 31.5 Å². The van der Waals surface area contributed by atoms with E-state index in [-0.39, 0.29) is 0 Å². The summed E-state index contributed by atoms with van der Waals surface area (Å²) in [5.74, 6) is 2.09. The van der Waals surface area contributed by atoms with Crippen molar-refractivity contribution in [3.05, 3.63) is 29.6 Å². The van der Waals surface area contributed by atoms with E-state index in [0.717, 1.165) is 60.8 Å². The number of nitrogens with zero attached hydrogens (tertiary/aromatic N) is 8. The van der Waals surface area contributed by atoms with E-state index in [1.165, 1.54) is 0 Å². The molecule has 0 atom stereocenters. The Balaban J connectivity index is 1.77. The molecular formula is C23H35N9O. The van der Waals surface area contributed by atoms with Gasteiger partial charge < -0.3 is 19.9 Å². The predicted octanol–water partition coefficient (Wildman–Crippen LogP) is 2.12. The van der Waals surface area contributed by atoms with Crippen LogP contribution in [-0.2, 0) is 17.8 Å². The summed E-state index contributed by atoms with van der Waals surface area (Å²) in [5.41, 5.74) is 3.86. The lowest BCUT2D eigenvalue weighted by Crippen LogP contribution is -2.44. The average molecular weight is 454 g/mol. The maximum absolute atomic E-state index is 5.63. The second-order valence-corrected chi connectivity index (χ2v) is 8.75. The quantitative estimate of drug-likeness (QED) is 0.490. The normalized spacial score (nSPS) is 15.3. The maximum atomic E-state index is 5.63. The molecular weight excluding hydrogens is 418 g/mol. The lowest BCUT2D eigenvalue weighted by molar-refractivity contribution is 0.136. The van der Waals surface area contributed by atoms with Gasteiger partial charge in [-0.15, -0.1) is 0 Å². The van der Waals surface area contributed by atoms with Crippen LogP contribution >= 0.6 is 0 Å². The highest BCUT2D eigenvalue weighted by Gasteiger charge is 2.23. The molecule has 1 aliphatic heterocycles. The largest absolute Gasteiger partial charge is 0.380 e. The van der Waals surface area contributed by atoms with Crippen molar-refractivity contribution in [1.29, 1.82) is 0 Å². The van der Waals surface area contributed by atoms with Gasteiger partial charge in [0.1, 0.15) is 22.5 Å². The van der Waals surface area contributed by atoms with Gasteiger partial charge in [0.05, 0.1) is 13.2 Å². The summed E-state index contributed by atoms with van der Waals surface area (Å²) in [6.45, 7) is 10.9. The fourth-order valence-electron chi connectivity index (χ4n) is 3.93. The third kappa shape index (κ3) is 5.58. The molecule has 1 N–H and O–H groups in total. The smallest absolute Gasteiger partial charge is 0.227 e. The molecule has 10 nitrogen and oxygen atoms in total. The van der Waals surface area contributed by atoms with E-state index in [4.69, 9.17) is 19.8 Å². The molecule has 3 aromatic heterocycles. The van der Waals surface area contributed by atoms with Crippen molar-refractivity contribution < 1.29 is 4.74 Å². The zero-order valence-electron chi connectivity index (χ0n) is 20.4. The minimum absolute atomic E-state index is 0.582. The van der Waals surface area contributed by atoms with Gasteiger partial charge in [-0.2, -0.15) is 10.1 Å². The van der Waals surface area contributed by atoms with Crippen molar-refractivity contribution in [2.24, 2.45) is 0 Å². The first-order valence-corrected chi connectivity index (χ1v) is 11.6. The molecule has 0 spiro atoms. The number of rotatable bonds is 9. The van der Waals surface area contributed by atoms with Gasteiger partial charge in [0.2, 0.25) is 5.95 Å². The first-order valence-electron chi connectivity index (χ1n) is 11.6. The molecule has 1 aliphatic rings. The highest BCUT2D eigenvalue weighted by Crippen LogP contribution is 2.29. The number of aromatic nitrogens is 5. The monoisotopic (exact) mass is 453 g/mol. The number of likely N-dealkylation sites (N-methyl/N-ethyl adjacent to an activating group) is 1. The maximum Gasteiger partial charge on any atom is 0.227 e. The van der Waals surface area contributed by atoms with Crippen LogP contribution in [0, 0.1) is 6.92 Å². The molecule has 0 bridgehead atoms. The van der Waals surface area contributed by atoms with Crippen molar-refractivity contribution in [3.63, 3.8) is 0 Å². The third-order valence-electron chi connectivity index (χ3n) is 5.83. The number of hydrogen-bond donors (Lipinski definition) is 1. The number of hydrogen-bond acceptors (Lipinski definition) is 9. The summed E-state index contributed by atoms with van der Waals surface area (Å²) in [5, 5.41) is 8.42. The van der Waals surface area contributed by atoms with E-state index >= 15 is 0 Å². The molecule has 33 heavy (non-hydrogen) atoms. The molecule has 1 fully saturated rings. The van der Waals surface area contributed by atoms with Crippen LogP contribution in [0.5, 0.6) is 0 Å². The summed E-state index contributed by atoms with van der Waals surface area (Å²) in [7, 11) is 6.08. The molecule has 10 heteroatoms. The Labute approximate surface area is 195 Å². The van der Waals surface area contributed by atoms with Gasteiger partial charge >= 0.3 is 0 Å². The Kier molecular flexibility index (Phi) is 7.36. The molecule has 4 rings (SSSR count). The second-order valence-electron chi connectivity index (χ2n) is 8.75.